The average Bonchev–Trinajstić information content (AvgIpc) is 3.62. The zero-order valence-corrected chi connectivity index (χ0v) is 32.1. The SMILES string of the molecule is C=CCn1c(=O)c2cnc(Nc3ccc(N4CCN(CCNc5ccc6c(c5)C(=O)N(C5CCC(=O)NC5=O)C6=O)CC4)cc3)nc2n1-c1cccc(C(C)(C)O)n1. The van der Waals surface area contributed by atoms with Crippen molar-refractivity contribution in [1.29, 1.82) is 0 Å². The Kier molecular flexibility index (Phi) is 10.1. The molecule has 0 radical (unpaired) electrons. The number of carbonyl (C=O) groups is 4. The smallest absolute Gasteiger partial charge is 0.278 e. The van der Waals surface area contributed by atoms with Crippen LogP contribution in [0.5, 0.6) is 0 Å². The first-order valence-corrected chi connectivity index (χ1v) is 19.1. The number of allylic oxidation sites excluding steroid dienone is 1. The van der Waals surface area contributed by atoms with Crippen molar-refractivity contribution >= 4 is 57.7 Å². The number of imide groups is 2. The third kappa shape index (κ3) is 7.32. The van der Waals surface area contributed by atoms with Crippen LogP contribution in [0.15, 0.2) is 84.3 Å². The van der Waals surface area contributed by atoms with E-state index in [1.165, 1.54) is 10.9 Å². The van der Waals surface area contributed by atoms with E-state index < -0.39 is 35.3 Å². The minimum absolute atomic E-state index is 0.0740. The van der Waals surface area contributed by atoms with Crippen LogP contribution in [-0.4, -0.2) is 108 Å². The molecule has 0 bridgehead atoms. The lowest BCUT2D eigenvalue weighted by molar-refractivity contribution is -0.136. The molecule has 17 nitrogen and oxygen atoms in total. The summed E-state index contributed by atoms with van der Waals surface area (Å²) in [6.45, 7) is 12.1. The fraction of sp³-hybridized carbons (Fsp3) is 0.317. The van der Waals surface area contributed by atoms with Crippen molar-refractivity contribution in [3.05, 3.63) is 107 Å². The highest BCUT2D eigenvalue weighted by atomic mass is 16.3. The van der Waals surface area contributed by atoms with E-state index in [4.69, 9.17) is 4.98 Å². The third-order valence-electron chi connectivity index (χ3n) is 10.6. The Hall–Kier alpha value is -6.72. The van der Waals surface area contributed by atoms with E-state index >= 15 is 0 Å². The summed E-state index contributed by atoms with van der Waals surface area (Å²) in [6, 6.07) is 17.3. The predicted octanol–water partition coefficient (Wildman–Crippen LogP) is 2.77. The van der Waals surface area contributed by atoms with Gasteiger partial charge in [-0.2, -0.15) is 4.98 Å². The topological polar surface area (TPSA) is 200 Å². The number of aromatic nitrogens is 5. The van der Waals surface area contributed by atoms with Gasteiger partial charge in [0.15, 0.2) is 11.5 Å². The number of anilines is 4. The van der Waals surface area contributed by atoms with E-state index in [9.17, 15) is 29.1 Å². The highest BCUT2D eigenvalue weighted by Crippen LogP contribution is 2.30. The third-order valence-corrected chi connectivity index (χ3v) is 10.6. The highest BCUT2D eigenvalue weighted by molar-refractivity contribution is 6.23. The molecule has 3 aromatic heterocycles. The zero-order valence-electron chi connectivity index (χ0n) is 32.1. The number of carbonyl (C=O) groups excluding carboxylic acids is 4. The fourth-order valence-electron chi connectivity index (χ4n) is 7.54. The van der Waals surface area contributed by atoms with E-state index in [2.05, 4.69) is 42.3 Å². The minimum Gasteiger partial charge on any atom is -0.384 e. The van der Waals surface area contributed by atoms with Gasteiger partial charge in [0.05, 0.1) is 23.4 Å². The van der Waals surface area contributed by atoms with Crippen LogP contribution >= 0.6 is 0 Å². The number of pyridine rings is 1. The molecule has 6 heterocycles. The molecule has 2 saturated heterocycles. The van der Waals surface area contributed by atoms with Gasteiger partial charge in [-0.3, -0.25) is 39.1 Å². The molecule has 2 fully saturated rings. The molecule has 3 aliphatic rings. The van der Waals surface area contributed by atoms with Crippen LogP contribution in [0.4, 0.5) is 23.0 Å². The second-order valence-electron chi connectivity index (χ2n) is 15.0. The summed E-state index contributed by atoms with van der Waals surface area (Å²) in [5.41, 5.74) is 2.41. The van der Waals surface area contributed by atoms with E-state index in [1.54, 1.807) is 61.0 Å². The molecule has 4 amide bonds. The Balaban J connectivity index is 0.863. The summed E-state index contributed by atoms with van der Waals surface area (Å²) < 4.78 is 3.11. The van der Waals surface area contributed by atoms with Crippen molar-refractivity contribution < 1.29 is 24.3 Å². The van der Waals surface area contributed by atoms with Crippen molar-refractivity contribution in [2.45, 2.75) is 44.9 Å². The van der Waals surface area contributed by atoms with Crippen LogP contribution in [0.3, 0.4) is 0 Å². The number of amides is 4. The molecule has 0 spiro atoms. The van der Waals surface area contributed by atoms with Gasteiger partial charge in [0, 0.05) is 68.9 Å². The van der Waals surface area contributed by atoms with E-state index in [0.717, 1.165) is 49.0 Å². The van der Waals surface area contributed by atoms with Crippen LogP contribution in [0.2, 0.25) is 0 Å². The Morgan fingerprint density at radius 2 is 1.67 bits per heavy atom. The molecule has 5 aromatic rings. The number of benzene rings is 2. The zero-order chi connectivity index (χ0) is 40.7. The Morgan fingerprint density at radius 1 is 0.931 bits per heavy atom. The molecule has 0 saturated carbocycles. The standard InChI is InChI=1S/C41H43N11O6/c1-4-17-50-37(55)30-24-43-40(47-35(30)52(50)33-7-5-6-32(45-33)41(2,3)58)44-25-8-11-27(12-9-25)49-21-19-48(20-22-49)18-16-42-26-10-13-28-29(23-26)39(57)51(38(28)56)31-14-15-34(53)46-36(31)54/h4-13,23-24,31,42,58H,1,14-22H2,2-3H3,(H,43,44,47)(H,46,53,54). The molecule has 1 unspecified atom stereocenters. The predicted molar refractivity (Wildman–Crippen MR) is 216 cm³/mol. The molecule has 2 aromatic carbocycles. The monoisotopic (exact) mass is 785 g/mol. The Bertz CT molecular complexity index is 2510. The first kappa shape index (κ1) is 38.2. The highest BCUT2D eigenvalue weighted by Gasteiger charge is 2.44. The van der Waals surface area contributed by atoms with Crippen LogP contribution in [0.25, 0.3) is 16.9 Å². The van der Waals surface area contributed by atoms with Crippen molar-refractivity contribution in [1.82, 2.24) is 39.4 Å². The number of rotatable bonds is 12. The summed E-state index contributed by atoms with van der Waals surface area (Å²) in [5, 5.41) is 19.7. The molecular formula is C41H43N11O6. The molecule has 3 aliphatic heterocycles. The average molecular weight is 786 g/mol. The first-order valence-electron chi connectivity index (χ1n) is 19.1. The molecule has 298 valence electrons. The maximum absolute atomic E-state index is 13.4. The summed E-state index contributed by atoms with van der Waals surface area (Å²) in [6.07, 6.45) is 3.31. The number of piperidine rings is 1. The summed E-state index contributed by atoms with van der Waals surface area (Å²) in [4.78, 5) is 83.0. The van der Waals surface area contributed by atoms with Gasteiger partial charge < -0.3 is 20.6 Å². The van der Waals surface area contributed by atoms with Crippen LogP contribution in [-0.2, 0) is 21.7 Å². The summed E-state index contributed by atoms with van der Waals surface area (Å²) in [7, 11) is 0. The second kappa shape index (κ2) is 15.3. The van der Waals surface area contributed by atoms with Crippen LogP contribution < -0.4 is 26.4 Å². The lowest BCUT2D eigenvalue weighted by Crippen LogP contribution is -2.54. The molecule has 8 rings (SSSR count). The number of nitrogens with one attached hydrogen (secondary N) is 3. The number of fused-ring (bicyclic) bond motifs is 2. The number of aliphatic hydroxyl groups is 1. The summed E-state index contributed by atoms with van der Waals surface area (Å²) >= 11 is 0. The number of nitrogens with zero attached hydrogens (tertiary/aromatic N) is 8. The molecular weight excluding hydrogens is 743 g/mol. The molecule has 1 atom stereocenters. The van der Waals surface area contributed by atoms with Crippen molar-refractivity contribution in [2.75, 3.05) is 54.8 Å². The van der Waals surface area contributed by atoms with Gasteiger partial charge in [0.1, 0.15) is 17.0 Å². The number of hydrogen-bond donors (Lipinski definition) is 4. The van der Waals surface area contributed by atoms with Gasteiger partial charge >= 0.3 is 0 Å². The molecule has 58 heavy (non-hydrogen) atoms. The van der Waals surface area contributed by atoms with Gasteiger partial charge in [0.2, 0.25) is 17.8 Å². The normalized spacial score (nSPS) is 17.5. The van der Waals surface area contributed by atoms with Crippen molar-refractivity contribution in [2.24, 2.45) is 0 Å². The van der Waals surface area contributed by atoms with Crippen molar-refractivity contribution in [3.63, 3.8) is 0 Å². The maximum atomic E-state index is 13.4. The van der Waals surface area contributed by atoms with E-state index in [1.807, 2.05) is 24.3 Å². The van der Waals surface area contributed by atoms with Gasteiger partial charge in [0.25, 0.3) is 17.4 Å². The van der Waals surface area contributed by atoms with Gasteiger partial charge in [-0.15, -0.1) is 6.58 Å². The number of piperazine rings is 1. The van der Waals surface area contributed by atoms with Crippen molar-refractivity contribution in [3.8, 4) is 5.82 Å². The van der Waals surface area contributed by atoms with Crippen LogP contribution in [0.1, 0.15) is 53.1 Å². The quantitative estimate of drug-likeness (QED) is 0.106. The molecule has 0 aliphatic carbocycles. The van der Waals surface area contributed by atoms with Gasteiger partial charge in [-0.1, -0.05) is 12.1 Å². The van der Waals surface area contributed by atoms with E-state index in [-0.39, 0.29) is 36.1 Å². The molecule has 4 N–H and O–H groups in total. The Morgan fingerprint density at radius 3 is 2.40 bits per heavy atom. The lowest BCUT2D eigenvalue weighted by atomic mass is 10.0. The maximum Gasteiger partial charge on any atom is 0.278 e. The van der Waals surface area contributed by atoms with Gasteiger partial charge in [-0.25, -0.2) is 19.3 Å². The lowest BCUT2D eigenvalue weighted by Gasteiger charge is -2.36. The summed E-state index contributed by atoms with van der Waals surface area (Å²) in [5.74, 6) is -1.36. The Labute approximate surface area is 333 Å². The first-order chi connectivity index (χ1) is 27.9. The van der Waals surface area contributed by atoms with Gasteiger partial charge in [-0.05, 0) is 74.9 Å². The van der Waals surface area contributed by atoms with E-state index in [0.29, 0.717) is 40.7 Å². The minimum atomic E-state index is -1.19. The largest absolute Gasteiger partial charge is 0.384 e. The molecule has 17 heteroatoms. The number of hydrogen-bond acceptors (Lipinski definition) is 13. The second-order valence-corrected chi connectivity index (χ2v) is 15.0. The fourth-order valence-corrected chi connectivity index (χ4v) is 7.54. The van der Waals surface area contributed by atoms with Crippen LogP contribution in [0, 0.1) is 0 Å².